The number of nitrogens with zero attached hydrogens (tertiary/aromatic N) is 1. The van der Waals surface area contributed by atoms with Crippen molar-refractivity contribution >= 4 is 5.97 Å². The van der Waals surface area contributed by atoms with E-state index < -0.39 is 24.8 Å². The lowest BCUT2D eigenvalue weighted by molar-refractivity contribution is -0.175. The van der Waals surface area contributed by atoms with Crippen molar-refractivity contribution in [2.45, 2.75) is 31.5 Å². The Balaban J connectivity index is 2.26. The largest absolute Gasteiger partial charge is 0.480 e. The van der Waals surface area contributed by atoms with Crippen LogP contribution in [0.15, 0.2) is 0 Å². The zero-order chi connectivity index (χ0) is 12.9. The molecule has 4 nitrogen and oxygen atoms in total. The molecular formula is C10H16F3NO3. The number of piperidine rings is 1. The molecular weight excluding hydrogens is 239 g/mol. The van der Waals surface area contributed by atoms with E-state index in [4.69, 9.17) is 5.11 Å². The molecule has 0 aliphatic carbocycles. The molecule has 1 atom stereocenters. The number of likely N-dealkylation sites (tertiary alicyclic amines) is 1. The predicted molar refractivity (Wildman–Crippen MR) is 53.7 cm³/mol. The molecule has 17 heavy (non-hydrogen) atoms. The van der Waals surface area contributed by atoms with Gasteiger partial charge in [0.25, 0.3) is 0 Å². The maximum Gasteiger partial charge on any atom is 0.411 e. The van der Waals surface area contributed by atoms with E-state index in [-0.39, 0.29) is 13.2 Å². The number of aliphatic carboxylic acids is 1. The summed E-state index contributed by atoms with van der Waals surface area (Å²) in [7, 11) is 0. The van der Waals surface area contributed by atoms with E-state index in [1.54, 1.807) is 4.90 Å². The van der Waals surface area contributed by atoms with Crippen LogP contribution in [0.4, 0.5) is 13.2 Å². The van der Waals surface area contributed by atoms with Crippen molar-refractivity contribution in [3.8, 4) is 0 Å². The van der Waals surface area contributed by atoms with Gasteiger partial charge in [-0.05, 0) is 19.4 Å². The van der Waals surface area contributed by atoms with Gasteiger partial charge in [0.1, 0.15) is 12.6 Å². The lowest BCUT2D eigenvalue weighted by Gasteiger charge is -2.32. The minimum absolute atomic E-state index is 0.0940. The molecule has 1 fully saturated rings. The third kappa shape index (κ3) is 5.36. The lowest BCUT2D eigenvalue weighted by atomic mass is 10.0. The van der Waals surface area contributed by atoms with Crippen LogP contribution in [0.5, 0.6) is 0 Å². The molecule has 1 unspecified atom stereocenters. The van der Waals surface area contributed by atoms with Crippen molar-refractivity contribution in [3.63, 3.8) is 0 Å². The highest BCUT2D eigenvalue weighted by molar-refractivity contribution is 5.73. The Morgan fingerprint density at radius 3 is 2.71 bits per heavy atom. The number of hydrogen-bond donors (Lipinski definition) is 1. The third-order valence-electron chi connectivity index (χ3n) is 2.69. The van der Waals surface area contributed by atoms with Crippen molar-refractivity contribution < 1.29 is 27.8 Å². The van der Waals surface area contributed by atoms with Gasteiger partial charge in [-0.3, -0.25) is 9.69 Å². The fourth-order valence-corrected chi connectivity index (χ4v) is 1.91. The van der Waals surface area contributed by atoms with E-state index in [1.165, 1.54) is 0 Å². The van der Waals surface area contributed by atoms with Crippen molar-refractivity contribution in [2.75, 3.05) is 26.3 Å². The fraction of sp³-hybridized carbons (Fsp3) is 0.900. The summed E-state index contributed by atoms with van der Waals surface area (Å²) in [4.78, 5) is 12.6. The molecule has 1 aliphatic rings. The van der Waals surface area contributed by atoms with E-state index in [0.29, 0.717) is 13.0 Å². The number of hydrogen-bond acceptors (Lipinski definition) is 3. The topological polar surface area (TPSA) is 49.8 Å². The van der Waals surface area contributed by atoms with Crippen LogP contribution in [0.25, 0.3) is 0 Å². The summed E-state index contributed by atoms with van der Waals surface area (Å²) < 4.78 is 39.8. The molecule has 0 radical (unpaired) electrons. The van der Waals surface area contributed by atoms with Crippen molar-refractivity contribution in [1.82, 2.24) is 4.90 Å². The molecule has 0 spiro atoms. The van der Waals surface area contributed by atoms with Crippen molar-refractivity contribution in [2.24, 2.45) is 0 Å². The molecule has 100 valence electrons. The van der Waals surface area contributed by atoms with Gasteiger partial charge in [0, 0.05) is 6.54 Å². The Morgan fingerprint density at radius 1 is 1.41 bits per heavy atom. The molecule has 1 heterocycles. The molecule has 1 aliphatic heterocycles. The first-order chi connectivity index (χ1) is 7.90. The lowest BCUT2D eigenvalue weighted by Crippen LogP contribution is -2.46. The molecule has 0 aromatic rings. The van der Waals surface area contributed by atoms with Crippen LogP contribution in [-0.2, 0) is 9.53 Å². The molecule has 0 bridgehead atoms. The van der Waals surface area contributed by atoms with Gasteiger partial charge in [0.15, 0.2) is 0 Å². The van der Waals surface area contributed by atoms with E-state index in [1.807, 2.05) is 0 Å². The van der Waals surface area contributed by atoms with Crippen LogP contribution in [-0.4, -0.2) is 54.5 Å². The van der Waals surface area contributed by atoms with E-state index in [2.05, 4.69) is 4.74 Å². The van der Waals surface area contributed by atoms with Crippen molar-refractivity contribution in [3.05, 3.63) is 0 Å². The van der Waals surface area contributed by atoms with E-state index >= 15 is 0 Å². The summed E-state index contributed by atoms with van der Waals surface area (Å²) in [6.07, 6.45) is -2.05. The number of carbonyl (C=O) groups is 1. The van der Waals surface area contributed by atoms with Gasteiger partial charge >= 0.3 is 12.1 Å². The van der Waals surface area contributed by atoms with E-state index in [9.17, 15) is 18.0 Å². The summed E-state index contributed by atoms with van der Waals surface area (Å²) in [6.45, 7) is -0.540. The molecule has 1 rings (SSSR count). The van der Waals surface area contributed by atoms with Gasteiger partial charge in [0.05, 0.1) is 6.61 Å². The normalized spacial score (nSPS) is 22.6. The molecule has 1 N–H and O–H groups in total. The Bertz CT molecular complexity index is 258. The average molecular weight is 255 g/mol. The van der Waals surface area contributed by atoms with Crippen molar-refractivity contribution in [1.29, 1.82) is 0 Å². The smallest absolute Gasteiger partial charge is 0.411 e. The average Bonchev–Trinajstić information content (AvgIpc) is 2.23. The predicted octanol–water partition coefficient (Wildman–Crippen LogP) is 1.50. The SMILES string of the molecule is O=C(O)C1CCCCN1CCOCC(F)(F)F. The summed E-state index contributed by atoms with van der Waals surface area (Å²) >= 11 is 0. The second kappa shape index (κ2) is 6.20. The molecule has 0 aromatic heterocycles. The summed E-state index contributed by atoms with van der Waals surface area (Å²) in [5, 5.41) is 8.93. The highest BCUT2D eigenvalue weighted by Crippen LogP contribution is 2.17. The van der Waals surface area contributed by atoms with Gasteiger partial charge in [-0.1, -0.05) is 6.42 Å². The molecule has 0 aromatic carbocycles. The quantitative estimate of drug-likeness (QED) is 0.756. The second-order valence-electron chi connectivity index (χ2n) is 4.05. The van der Waals surface area contributed by atoms with Gasteiger partial charge in [0.2, 0.25) is 0 Å². The summed E-state index contributed by atoms with van der Waals surface area (Å²) in [6, 6.07) is -0.585. The van der Waals surface area contributed by atoms with Crippen LogP contribution in [0.1, 0.15) is 19.3 Å². The first-order valence-corrected chi connectivity index (χ1v) is 5.51. The minimum atomic E-state index is -4.33. The fourth-order valence-electron chi connectivity index (χ4n) is 1.91. The highest BCUT2D eigenvalue weighted by Gasteiger charge is 2.29. The minimum Gasteiger partial charge on any atom is -0.480 e. The number of carboxylic acid groups (broad SMARTS) is 1. The third-order valence-corrected chi connectivity index (χ3v) is 2.69. The maximum absolute atomic E-state index is 11.8. The molecule has 1 saturated heterocycles. The van der Waals surface area contributed by atoms with Gasteiger partial charge < -0.3 is 9.84 Å². The van der Waals surface area contributed by atoms with Crippen LogP contribution < -0.4 is 0 Å². The number of halogens is 3. The van der Waals surface area contributed by atoms with Gasteiger partial charge in [-0.15, -0.1) is 0 Å². The van der Waals surface area contributed by atoms with Gasteiger partial charge in [-0.25, -0.2) is 0 Å². The molecule has 0 saturated carbocycles. The standard InChI is InChI=1S/C10H16F3NO3/c11-10(12,13)7-17-6-5-14-4-2-1-3-8(14)9(15)16/h8H,1-7H2,(H,15,16). The van der Waals surface area contributed by atoms with Crippen LogP contribution in [0, 0.1) is 0 Å². The number of alkyl halides is 3. The number of carboxylic acids is 1. The summed E-state index contributed by atoms with van der Waals surface area (Å²) in [5.74, 6) is -0.916. The number of rotatable bonds is 5. The Hall–Kier alpha value is -0.820. The Labute approximate surface area is 97.3 Å². The Morgan fingerprint density at radius 2 is 2.12 bits per heavy atom. The molecule has 0 amide bonds. The zero-order valence-corrected chi connectivity index (χ0v) is 9.37. The van der Waals surface area contributed by atoms with Crippen LogP contribution in [0.2, 0.25) is 0 Å². The Kier molecular flexibility index (Phi) is 5.20. The van der Waals surface area contributed by atoms with E-state index in [0.717, 1.165) is 12.8 Å². The first kappa shape index (κ1) is 14.2. The maximum atomic E-state index is 11.8. The summed E-state index contributed by atoms with van der Waals surface area (Å²) in [5.41, 5.74) is 0. The number of ether oxygens (including phenoxy) is 1. The second-order valence-corrected chi connectivity index (χ2v) is 4.05. The van der Waals surface area contributed by atoms with Crippen LogP contribution in [0.3, 0.4) is 0 Å². The first-order valence-electron chi connectivity index (χ1n) is 5.51. The van der Waals surface area contributed by atoms with Crippen LogP contribution >= 0.6 is 0 Å². The molecule has 7 heteroatoms. The monoisotopic (exact) mass is 255 g/mol. The zero-order valence-electron chi connectivity index (χ0n) is 9.37. The highest BCUT2D eigenvalue weighted by atomic mass is 19.4. The van der Waals surface area contributed by atoms with Gasteiger partial charge in [-0.2, -0.15) is 13.2 Å².